The van der Waals surface area contributed by atoms with Crippen LogP contribution in [-0.4, -0.2) is 29.8 Å². The average molecular weight is 336 g/mol. The fourth-order valence-electron chi connectivity index (χ4n) is 3.84. The zero-order valence-corrected chi connectivity index (χ0v) is 13.4. The fourth-order valence-corrected chi connectivity index (χ4v) is 4.10. The van der Waals surface area contributed by atoms with Gasteiger partial charge < -0.3 is 0 Å². The molecule has 108 valence electrons. The summed E-state index contributed by atoms with van der Waals surface area (Å²) in [7, 11) is 0. The lowest BCUT2D eigenvalue weighted by atomic mass is 9.78. The lowest BCUT2D eigenvalue weighted by Crippen LogP contribution is -2.48. The molecule has 3 rings (SSSR count). The van der Waals surface area contributed by atoms with Gasteiger partial charge in [-0.05, 0) is 50.3 Å². The number of piperidine rings is 1. The van der Waals surface area contributed by atoms with Crippen LogP contribution in [0, 0.1) is 5.92 Å². The Morgan fingerprint density at radius 3 is 2.60 bits per heavy atom. The first-order valence-corrected chi connectivity index (χ1v) is 8.56. The second kappa shape index (κ2) is 6.40. The molecule has 1 saturated heterocycles. The Morgan fingerprint density at radius 2 is 1.80 bits per heavy atom. The maximum absolute atomic E-state index is 12.4. The summed E-state index contributed by atoms with van der Waals surface area (Å²) in [5.41, 5.74) is 0.839. The molecule has 3 heteroatoms. The highest BCUT2D eigenvalue weighted by Crippen LogP contribution is 2.35. The number of hydrogen-bond donors (Lipinski definition) is 0. The Morgan fingerprint density at radius 1 is 1.10 bits per heavy atom. The number of carbonyl (C=O) groups is 1. The third-order valence-corrected chi connectivity index (χ3v) is 5.40. The molecular weight excluding hydrogens is 314 g/mol. The van der Waals surface area contributed by atoms with Crippen LogP contribution in [0.2, 0.25) is 0 Å². The van der Waals surface area contributed by atoms with Crippen LogP contribution in [0.4, 0.5) is 0 Å². The number of ketones is 1. The first kappa shape index (κ1) is 14.3. The summed E-state index contributed by atoms with van der Waals surface area (Å²) in [6, 6.07) is 8.42. The molecule has 20 heavy (non-hydrogen) atoms. The molecule has 2 nitrogen and oxygen atoms in total. The van der Waals surface area contributed by atoms with Gasteiger partial charge >= 0.3 is 0 Å². The highest BCUT2D eigenvalue weighted by molar-refractivity contribution is 9.10. The van der Waals surface area contributed by atoms with Gasteiger partial charge in [0, 0.05) is 16.1 Å². The van der Waals surface area contributed by atoms with Gasteiger partial charge in [0.05, 0.1) is 6.54 Å². The molecule has 2 atom stereocenters. The number of nitrogens with zero attached hydrogens (tertiary/aromatic N) is 1. The number of carbonyl (C=O) groups excluding carboxylic acids is 1. The van der Waals surface area contributed by atoms with Crippen LogP contribution in [0.1, 0.15) is 48.9 Å². The molecule has 1 saturated carbocycles. The van der Waals surface area contributed by atoms with Gasteiger partial charge in [-0.3, -0.25) is 9.69 Å². The van der Waals surface area contributed by atoms with E-state index < -0.39 is 0 Å². The Balaban J connectivity index is 1.66. The van der Waals surface area contributed by atoms with Gasteiger partial charge in [0.1, 0.15) is 0 Å². The molecule has 0 bridgehead atoms. The first-order valence-electron chi connectivity index (χ1n) is 7.77. The third kappa shape index (κ3) is 3.15. The van der Waals surface area contributed by atoms with E-state index in [1.807, 2.05) is 24.3 Å². The van der Waals surface area contributed by atoms with Crippen molar-refractivity contribution in [2.75, 3.05) is 13.1 Å². The van der Waals surface area contributed by atoms with Gasteiger partial charge in [-0.25, -0.2) is 0 Å². The van der Waals surface area contributed by atoms with Crippen molar-refractivity contribution in [2.24, 2.45) is 5.92 Å². The lowest BCUT2D eigenvalue weighted by Gasteiger charge is -2.43. The number of rotatable bonds is 3. The van der Waals surface area contributed by atoms with Crippen molar-refractivity contribution in [3.63, 3.8) is 0 Å². The van der Waals surface area contributed by atoms with Crippen LogP contribution in [0.25, 0.3) is 0 Å². The molecule has 2 aliphatic rings. The van der Waals surface area contributed by atoms with E-state index >= 15 is 0 Å². The third-order valence-electron chi connectivity index (χ3n) is 4.87. The van der Waals surface area contributed by atoms with Crippen molar-refractivity contribution in [1.82, 2.24) is 4.90 Å². The van der Waals surface area contributed by atoms with Gasteiger partial charge in [0.25, 0.3) is 0 Å². The summed E-state index contributed by atoms with van der Waals surface area (Å²) in [6.45, 7) is 1.70. The second-order valence-corrected chi connectivity index (χ2v) is 7.07. The molecule has 0 radical (unpaired) electrons. The Labute approximate surface area is 129 Å². The molecule has 2 unspecified atom stereocenters. The maximum atomic E-state index is 12.4. The van der Waals surface area contributed by atoms with Crippen molar-refractivity contribution in [2.45, 2.75) is 44.6 Å². The molecule has 1 aliphatic carbocycles. The number of hydrogen-bond acceptors (Lipinski definition) is 2. The zero-order chi connectivity index (χ0) is 13.9. The topological polar surface area (TPSA) is 20.3 Å². The lowest BCUT2D eigenvalue weighted by molar-refractivity contribution is 0.0539. The predicted octanol–water partition coefficient (Wildman–Crippen LogP) is 4.29. The van der Waals surface area contributed by atoms with Crippen molar-refractivity contribution in [1.29, 1.82) is 0 Å². The van der Waals surface area contributed by atoms with Crippen molar-refractivity contribution >= 4 is 21.7 Å². The first-order chi connectivity index (χ1) is 9.74. The summed E-state index contributed by atoms with van der Waals surface area (Å²) in [5, 5.41) is 0. The summed E-state index contributed by atoms with van der Waals surface area (Å²) in [5.74, 6) is 1.11. The standard InChI is InChI=1S/C17H22BrNO/c18-15-9-7-14(8-10-15)17(20)12-19-11-3-5-13-4-1-2-6-16(13)19/h7-10,13,16H,1-6,11-12H2. The number of fused-ring (bicyclic) bond motifs is 1. The Bertz CT molecular complexity index is 468. The summed E-state index contributed by atoms with van der Waals surface area (Å²) in [6.07, 6.45) is 8.01. The van der Waals surface area contributed by atoms with Crippen LogP contribution in [-0.2, 0) is 0 Å². The van der Waals surface area contributed by atoms with Crippen molar-refractivity contribution < 1.29 is 4.79 Å². The van der Waals surface area contributed by atoms with E-state index in [0.29, 0.717) is 12.6 Å². The zero-order valence-electron chi connectivity index (χ0n) is 11.9. The number of benzene rings is 1. The number of halogens is 1. The molecule has 0 aromatic heterocycles. The van der Waals surface area contributed by atoms with E-state index in [9.17, 15) is 4.79 Å². The molecule has 0 spiro atoms. The molecule has 1 heterocycles. The molecule has 0 N–H and O–H groups in total. The number of Topliss-reactive ketones (excluding diaryl/α,β-unsaturated/α-hetero) is 1. The highest BCUT2D eigenvalue weighted by atomic mass is 79.9. The SMILES string of the molecule is O=C(CN1CCCC2CCCCC21)c1ccc(Br)cc1. The van der Waals surface area contributed by atoms with Crippen LogP contribution in [0.15, 0.2) is 28.7 Å². The summed E-state index contributed by atoms with van der Waals surface area (Å²) < 4.78 is 1.03. The summed E-state index contributed by atoms with van der Waals surface area (Å²) >= 11 is 3.42. The highest BCUT2D eigenvalue weighted by Gasteiger charge is 2.33. The van der Waals surface area contributed by atoms with Crippen molar-refractivity contribution in [3.8, 4) is 0 Å². The van der Waals surface area contributed by atoms with Gasteiger partial charge in [0.2, 0.25) is 0 Å². The number of likely N-dealkylation sites (tertiary alicyclic amines) is 1. The molecular formula is C17H22BrNO. The van der Waals surface area contributed by atoms with Crippen LogP contribution < -0.4 is 0 Å². The van der Waals surface area contributed by atoms with E-state index in [2.05, 4.69) is 20.8 Å². The van der Waals surface area contributed by atoms with Gasteiger partial charge in [-0.1, -0.05) is 40.9 Å². The monoisotopic (exact) mass is 335 g/mol. The minimum atomic E-state index is 0.267. The normalized spacial score (nSPS) is 27.1. The largest absolute Gasteiger partial charge is 0.293 e. The molecule has 1 aliphatic heterocycles. The average Bonchev–Trinajstić information content (AvgIpc) is 2.48. The van der Waals surface area contributed by atoms with E-state index in [1.165, 1.54) is 38.5 Å². The van der Waals surface area contributed by atoms with Crippen molar-refractivity contribution in [3.05, 3.63) is 34.3 Å². The predicted molar refractivity (Wildman–Crippen MR) is 85.0 cm³/mol. The molecule has 2 fully saturated rings. The molecule has 1 aromatic rings. The Hall–Kier alpha value is -0.670. The minimum Gasteiger partial charge on any atom is -0.293 e. The molecule has 1 aromatic carbocycles. The van der Waals surface area contributed by atoms with E-state index in [-0.39, 0.29) is 5.78 Å². The van der Waals surface area contributed by atoms with E-state index in [1.54, 1.807) is 0 Å². The molecule has 0 amide bonds. The maximum Gasteiger partial charge on any atom is 0.176 e. The van der Waals surface area contributed by atoms with Gasteiger partial charge in [0.15, 0.2) is 5.78 Å². The fraction of sp³-hybridized carbons (Fsp3) is 0.588. The van der Waals surface area contributed by atoms with Gasteiger partial charge in [-0.2, -0.15) is 0 Å². The van der Waals surface area contributed by atoms with E-state index in [4.69, 9.17) is 0 Å². The minimum absolute atomic E-state index is 0.267. The Kier molecular flexibility index (Phi) is 4.57. The van der Waals surface area contributed by atoms with Crippen LogP contribution in [0.3, 0.4) is 0 Å². The quantitative estimate of drug-likeness (QED) is 0.768. The van der Waals surface area contributed by atoms with Gasteiger partial charge in [-0.15, -0.1) is 0 Å². The van der Waals surface area contributed by atoms with Crippen LogP contribution in [0.5, 0.6) is 0 Å². The second-order valence-electron chi connectivity index (χ2n) is 6.15. The smallest absolute Gasteiger partial charge is 0.176 e. The van der Waals surface area contributed by atoms with E-state index in [0.717, 1.165) is 22.5 Å². The van der Waals surface area contributed by atoms with Crippen LogP contribution >= 0.6 is 15.9 Å². The summed E-state index contributed by atoms with van der Waals surface area (Å²) in [4.78, 5) is 14.9.